The maximum Gasteiger partial charge on any atom is 0.141 e. The van der Waals surface area contributed by atoms with E-state index in [0.717, 1.165) is 28.8 Å². The Morgan fingerprint density at radius 1 is 1.00 bits per heavy atom. The Labute approximate surface area is 132 Å². The second-order valence-electron chi connectivity index (χ2n) is 4.92. The molecule has 0 spiro atoms. The summed E-state index contributed by atoms with van der Waals surface area (Å²) >= 11 is 0. The molecular weight excluding hydrogens is 270 g/mol. The van der Waals surface area contributed by atoms with Crippen molar-refractivity contribution in [3.8, 4) is 0 Å². The van der Waals surface area contributed by atoms with E-state index in [0.29, 0.717) is 0 Å². The van der Waals surface area contributed by atoms with Gasteiger partial charge in [0.25, 0.3) is 0 Å². The zero-order chi connectivity index (χ0) is 15.9. The molecule has 0 unspecified atom stereocenters. The Balaban J connectivity index is 0.000000847. The lowest BCUT2D eigenvalue weighted by molar-refractivity contribution is 1.14. The first-order valence-corrected chi connectivity index (χ1v) is 7.83. The third kappa shape index (κ3) is 3.61. The molecule has 1 heterocycles. The summed E-state index contributed by atoms with van der Waals surface area (Å²) in [6.45, 7) is 8.23. The van der Waals surface area contributed by atoms with Gasteiger partial charge in [0.05, 0.1) is 5.52 Å². The van der Waals surface area contributed by atoms with Crippen LogP contribution in [0.15, 0.2) is 48.8 Å². The van der Waals surface area contributed by atoms with Crippen LogP contribution in [0.3, 0.4) is 0 Å². The van der Waals surface area contributed by atoms with Gasteiger partial charge in [0, 0.05) is 11.1 Å². The summed E-state index contributed by atoms with van der Waals surface area (Å²) in [6.07, 6.45) is 2.63. The molecule has 0 radical (unpaired) electrons. The topological polar surface area (TPSA) is 37.8 Å². The quantitative estimate of drug-likeness (QED) is 0.714. The van der Waals surface area contributed by atoms with Crippen LogP contribution in [0, 0.1) is 6.92 Å². The number of benzene rings is 2. The first-order chi connectivity index (χ1) is 10.8. The molecule has 0 bridgehead atoms. The van der Waals surface area contributed by atoms with Crippen LogP contribution in [0.2, 0.25) is 0 Å². The Morgan fingerprint density at radius 2 is 1.82 bits per heavy atom. The average Bonchev–Trinajstić information content (AvgIpc) is 2.57. The zero-order valence-electron chi connectivity index (χ0n) is 13.7. The normalized spacial score (nSPS) is 10.0. The fourth-order valence-electron chi connectivity index (χ4n) is 2.28. The number of anilines is 2. The number of rotatable bonds is 3. The van der Waals surface area contributed by atoms with E-state index in [1.165, 1.54) is 11.1 Å². The van der Waals surface area contributed by atoms with Gasteiger partial charge in [0.15, 0.2) is 0 Å². The molecule has 0 aliphatic heterocycles. The summed E-state index contributed by atoms with van der Waals surface area (Å²) in [6, 6.07) is 14.6. The van der Waals surface area contributed by atoms with Crippen molar-refractivity contribution < 1.29 is 0 Å². The number of hydrogen-bond acceptors (Lipinski definition) is 3. The zero-order valence-corrected chi connectivity index (χ0v) is 13.7. The highest BCUT2D eigenvalue weighted by molar-refractivity contribution is 5.91. The van der Waals surface area contributed by atoms with E-state index >= 15 is 0 Å². The minimum Gasteiger partial charge on any atom is -0.340 e. The van der Waals surface area contributed by atoms with Crippen molar-refractivity contribution in [3.63, 3.8) is 0 Å². The van der Waals surface area contributed by atoms with E-state index in [-0.39, 0.29) is 0 Å². The molecule has 0 amide bonds. The predicted molar refractivity (Wildman–Crippen MR) is 94.7 cm³/mol. The van der Waals surface area contributed by atoms with Crippen molar-refractivity contribution in [1.82, 2.24) is 9.97 Å². The third-order valence-electron chi connectivity index (χ3n) is 3.39. The monoisotopic (exact) mass is 293 g/mol. The third-order valence-corrected chi connectivity index (χ3v) is 3.39. The highest BCUT2D eigenvalue weighted by atomic mass is 15.0. The Hall–Kier alpha value is -2.42. The fourth-order valence-corrected chi connectivity index (χ4v) is 2.28. The van der Waals surface area contributed by atoms with Crippen LogP contribution in [0.5, 0.6) is 0 Å². The number of aromatic nitrogens is 2. The van der Waals surface area contributed by atoms with E-state index in [4.69, 9.17) is 0 Å². The molecule has 0 saturated carbocycles. The fraction of sp³-hybridized carbons (Fsp3) is 0.263. The summed E-state index contributed by atoms with van der Waals surface area (Å²) in [7, 11) is 0. The molecule has 2 aromatic carbocycles. The number of nitrogens with one attached hydrogen (secondary N) is 1. The van der Waals surface area contributed by atoms with E-state index in [1.807, 2.05) is 19.9 Å². The maximum atomic E-state index is 4.38. The Bertz CT molecular complexity index is 751. The number of fused-ring (bicyclic) bond motifs is 1. The minimum absolute atomic E-state index is 0.854. The number of aryl methyl sites for hydroxylation is 2. The number of hydrogen-bond donors (Lipinski definition) is 1. The van der Waals surface area contributed by atoms with Crippen molar-refractivity contribution in [3.05, 3.63) is 59.9 Å². The summed E-state index contributed by atoms with van der Waals surface area (Å²) in [5, 5.41) is 4.45. The first-order valence-electron chi connectivity index (χ1n) is 7.83. The van der Waals surface area contributed by atoms with Crippen molar-refractivity contribution >= 4 is 22.4 Å². The highest BCUT2D eigenvalue weighted by Crippen LogP contribution is 2.24. The molecule has 0 saturated heterocycles. The molecule has 1 N–H and O–H groups in total. The second-order valence-corrected chi connectivity index (χ2v) is 4.92. The van der Waals surface area contributed by atoms with E-state index in [9.17, 15) is 0 Å². The van der Waals surface area contributed by atoms with Gasteiger partial charge in [-0.05, 0) is 43.2 Å². The molecule has 0 aliphatic rings. The van der Waals surface area contributed by atoms with Crippen LogP contribution >= 0.6 is 0 Å². The highest BCUT2D eigenvalue weighted by Gasteiger charge is 2.04. The molecule has 1 aromatic heterocycles. The van der Waals surface area contributed by atoms with Crippen LogP contribution in [0.25, 0.3) is 10.9 Å². The first kappa shape index (κ1) is 16.0. The van der Waals surface area contributed by atoms with Gasteiger partial charge in [-0.1, -0.05) is 44.5 Å². The summed E-state index contributed by atoms with van der Waals surface area (Å²) in [4.78, 5) is 8.68. The van der Waals surface area contributed by atoms with Crippen molar-refractivity contribution in [2.75, 3.05) is 5.32 Å². The van der Waals surface area contributed by atoms with Gasteiger partial charge in [-0.25, -0.2) is 9.97 Å². The molecule has 114 valence electrons. The Morgan fingerprint density at radius 3 is 2.59 bits per heavy atom. The molecule has 3 aromatic rings. The lowest BCUT2D eigenvalue weighted by Gasteiger charge is -2.09. The van der Waals surface area contributed by atoms with Crippen LogP contribution < -0.4 is 5.32 Å². The molecule has 3 nitrogen and oxygen atoms in total. The SMILES string of the molecule is CC.CCc1cccc(Nc2ncnc3ccc(C)cc23)c1. The van der Waals surface area contributed by atoms with Gasteiger partial charge in [-0.3, -0.25) is 0 Å². The smallest absolute Gasteiger partial charge is 0.141 e. The second kappa shape index (κ2) is 7.55. The molecular formula is C19H23N3. The van der Waals surface area contributed by atoms with Gasteiger partial charge in [-0.2, -0.15) is 0 Å². The van der Waals surface area contributed by atoms with E-state index in [1.54, 1.807) is 6.33 Å². The standard InChI is InChI=1S/C17H17N3.C2H6/c1-3-13-5-4-6-14(10-13)20-17-15-9-12(2)7-8-16(15)18-11-19-17;1-2/h4-11H,3H2,1-2H3,(H,18,19,20);1-2H3. The van der Waals surface area contributed by atoms with Gasteiger partial charge < -0.3 is 5.32 Å². The van der Waals surface area contributed by atoms with Gasteiger partial charge >= 0.3 is 0 Å². The van der Waals surface area contributed by atoms with Gasteiger partial charge in [-0.15, -0.1) is 0 Å². The Kier molecular flexibility index (Phi) is 5.48. The summed E-state index contributed by atoms with van der Waals surface area (Å²) in [5.41, 5.74) is 4.54. The van der Waals surface area contributed by atoms with Crippen molar-refractivity contribution in [1.29, 1.82) is 0 Å². The molecule has 0 atom stereocenters. The molecule has 22 heavy (non-hydrogen) atoms. The molecule has 0 aliphatic carbocycles. The van der Waals surface area contributed by atoms with Crippen LogP contribution in [-0.4, -0.2) is 9.97 Å². The van der Waals surface area contributed by atoms with Gasteiger partial charge in [0.2, 0.25) is 0 Å². The van der Waals surface area contributed by atoms with Crippen LogP contribution in [0.1, 0.15) is 31.9 Å². The predicted octanol–water partition coefficient (Wildman–Crippen LogP) is 5.27. The van der Waals surface area contributed by atoms with Crippen LogP contribution in [0.4, 0.5) is 11.5 Å². The van der Waals surface area contributed by atoms with Gasteiger partial charge in [0.1, 0.15) is 12.1 Å². The van der Waals surface area contributed by atoms with E-state index < -0.39 is 0 Å². The summed E-state index contributed by atoms with van der Waals surface area (Å²) < 4.78 is 0. The van der Waals surface area contributed by atoms with Crippen molar-refractivity contribution in [2.45, 2.75) is 34.1 Å². The number of nitrogens with zero attached hydrogens (tertiary/aromatic N) is 2. The largest absolute Gasteiger partial charge is 0.340 e. The van der Waals surface area contributed by atoms with Crippen molar-refractivity contribution in [2.24, 2.45) is 0 Å². The molecule has 3 rings (SSSR count). The maximum absolute atomic E-state index is 4.38. The van der Waals surface area contributed by atoms with Crippen LogP contribution in [-0.2, 0) is 6.42 Å². The molecule has 3 heteroatoms. The summed E-state index contributed by atoms with van der Waals surface area (Å²) in [5.74, 6) is 0.854. The molecule has 0 fully saturated rings. The minimum atomic E-state index is 0.854. The lowest BCUT2D eigenvalue weighted by Crippen LogP contribution is -1.96. The average molecular weight is 293 g/mol. The lowest BCUT2D eigenvalue weighted by atomic mass is 10.1. The van der Waals surface area contributed by atoms with E-state index in [2.05, 4.69) is 65.5 Å².